The van der Waals surface area contributed by atoms with Gasteiger partial charge in [-0.3, -0.25) is 0 Å². The van der Waals surface area contributed by atoms with Crippen molar-refractivity contribution >= 4 is 15.9 Å². The van der Waals surface area contributed by atoms with Gasteiger partial charge in [0.1, 0.15) is 0 Å². The van der Waals surface area contributed by atoms with E-state index in [2.05, 4.69) is 30.6 Å². The zero-order valence-corrected chi connectivity index (χ0v) is 11.1. The molecule has 0 bridgehead atoms. The Bertz CT molecular complexity index is 540. The Morgan fingerprint density at radius 2 is 1.63 bits per heavy atom. The third kappa shape index (κ3) is 3.92. The summed E-state index contributed by atoms with van der Waals surface area (Å²) in [4.78, 5) is 7.68. The van der Waals surface area contributed by atoms with Gasteiger partial charge in [-0.1, -0.05) is 40.2 Å². The first kappa shape index (κ1) is 13.8. The Morgan fingerprint density at radius 1 is 1.05 bits per heavy atom. The van der Waals surface area contributed by atoms with Crippen molar-refractivity contribution in [1.82, 2.24) is 9.97 Å². The van der Waals surface area contributed by atoms with E-state index in [0.29, 0.717) is 5.82 Å². The van der Waals surface area contributed by atoms with Crippen LogP contribution in [0.25, 0.3) is 11.4 Å². The minimum atomic E-state index is -4.73. The molecule has 0 atom stereocenters. The van der Waals surface area contributed by atoms with Gasteiger partial charge in [0.2, 0.25) is 0 Å². The van der Waals surface area contributed by atoms with Gasteiger partial charge in [-0.2, -0.15) is 0 Å². The van der Waals surface area contributed by atoms with Crippen molar-refractivity contribution in [1.29, 1.82) is 0 Å². The predicted molar refractivity (Wildman–Crippen MR) is 66.8 cm³/mol. The van der Waals surface area contributed by atoms with Crippen LogP contribution in [0, 0.1) is 0 Å². The quantitative estimate of drug-likeness (QED) is 0.798. The van der Waals surface area contributed by atoms with Crippen LogP contribution in [-0.4, -0.2) is 16.3 Å². The lowest BCUT2D eigenvalue weighted by Gasteiger charge is -2.08. The van der Waals surface area contributed by atoms with Gasteiger partial charge in [-0.05, 0) is 5.56 Å². The van der Waals surface area contributed by atoms with Gasteiger partial charge in [0.05, 0.1) is 12.4 Å². The first-order valence-corrected chi connectivity index (χ1v) is 6.33. The van der Waals surface area contributed by atoms with Gasteiger partial charge in [0.15, 0.2) is 11.6 Å². The summed E-state index contributed by atoms with van der Waals surface area (Å²) >= 11 is 3.32. The van der Waals surface area contributed by atoms with E-state index in [4.69, 9.17) is 0 Å². The Labute approximate surface area is 115 Å². The minimum absolute atomic E-state index is 0.343. The average Bonchev–Trinajstić information content (AvgIpc) is 2.38. The molecule has 0 fully saturated rings. The topological polar surface area (TPSA) is 35.0 Å². The van der Waals surface area contributed by atoms with Crippen LogP contribution < -0.4 is 4.74 Å². The maximum Gasteiger partial charge on any atom is 0.573 e. The largest absolute Gasteiger partial charge is 0.573 e. The summed E-state index contributed by atoms with van der Waals surface area (Å²) in [7, 11) is 0. The van der Waals surface area contributed by atoms with E-state index in [1.165, 1.54) is 0 Å². The molecule has 0 spiro atoms. The van der Waals surface area contributed by atoms with Gasteiger partial charge in [0.25, 0.3) is 0 Å². The van der Waals surface area contributed by atoms with Gasteiger partial charge < -0.3 is 4.74 Å². The first-order valence-electron chi connectivity index (χ1n) is 5.21. The van der Waals surface area contributed by atoms with Crippen molar-refractivity contribution in [3.05, 3.63) is 42.2 Å². The molecule has 100 valence electrons. The molecule has 1 heterocycles. The number of aromatic nitrogens is 2. The summed E-state index contributed by atoms with van der Waals surface area (Å²) in [6, 6.07) is 7.37. The number of rotatable bonds is 3. The highest BCUT2D eigenvalue weighted by molar-refractivity contribution is 9.08. The molecule has 3 nitrogen and oxygen atoms in total. The molecule has 0 saturated heterocycles. The number of hydrogen-bond donors (Lipinski definition) is 0. The lowest BCUT2D eigenvalue weighted by molar-refractivity contribution is -0.274. The van der Waals surface area contributed by atoms with Crippen molar-refractivity contribution in [3.63, 3.8) is 0 Å². The number of benzene rings is 1. The summed E-state index contributed by atoms with van der Waals surface area (Å²) in [5.74, 6) is -0.0935. The maximum atomic E-state index is 12.0. The number of alkyl halides is 4. The third-order valence-corrected chi connectivity index (χ3v) is 2.88. The van der Waals surface area contributed by atoms with Crippen LogP contribution >= 0.6 is 15.9 Å². The van der Waals surface area contributed by atoms with Crippen molar-refractivity contribution in [2.45, 2.75) is 11.7 Å². The third-order valence-electron chi connectivity index (χ3n) is 2.23. The van der Waals surface area contributed by atoms with E-state index < -0.39 is 12.1 Å². The summed E-state index contributed by atoms with van der Waals surface area (Å²) in [6.07, 6.45) is -2.75. The molecule has 0 unspecified atom stereocenters. The Balaban J connectivity index is 2.17. The lowest BCUT2D eigenvalue weighted by atomic mass is 10.1. The summed E-state index contributed by atoms with van der Waals surface area (Å²) < 4.78 is 39.6. The second kappa shape index (κ2) is 5.56. The summed E-state index contributed by atoms with van der Waals surface area (Å²) in [5.41, 5.74) is 1.81. The number of halogens is 4. The Morgan fingerprint density at radius 3 is 2.11 bits per heavy atom. The Kier molecular flexibility index (Phi) is 4.04. The van der Waals surface area contributed by atoms with Gasteiger partial charge >= 0.3 is 6.36 Å². The number of hydrogen-bond acceptors (Lipinski definition) is 3. The van der Waals surface area contributed by atoms with Crippen LogP contribution in [0.15, 0.2) is 36.7 Å². The van der Waals surface area contributed by atoms with Crippen LogP contribution in [0.2, 0.25) is 0 Å². The highest BCUT2D eigenvalue weighted by atomic mass is 79.9. The van der Waals surface area contributed by atoms with E-state index >= 15 is 0 Å². The van der Waals surface area contributed by atoms with E-state index in [1.807, 2.05) is 12.1 Å². The fourth-order valence-electron chi connectivity index (χ4n) is 1.39. The zero-order valence-electron chi connectivity index (χ0n) is 9.49. The normalized spacial score (nSPS) is 11.4. The molecule has 0 saturated carbocycles. The molecule has 1 aromatic heterocycles. The van der Waals surface area contributed by atoms with Crippen LogP contribution in [0.5, 0.6) is 5.75 Å². The first-order chi connectivity index (χ1) is 8.98. The fourth-order valence-corrected chi connectivity index (χ4v) is 1.77. The van der Waals surface area contributed by atoms with Crippen LogP contribution in [0.3, 0.4) is 0 Å². The van der Waals surface area contributed by atoms with Gasteiger partial charge in [-0.15, -0.1) is 13.2 Å². The van der Waals surface area contributed by atoms with Crippen LogP contribution in [0.1, 0.15) is 5.56 Å². The molecule has 2 aromatic rings. The molecule has 0 aliphatic carbocycles. The number of nitrogens with zero attached hydrogens (tertiary/aromatic N) is 2. The monoisotopic (exact) mass is 332 g/mol. The zero-order chi connectivity index (χ0) is 13.9. The Hall–Kier alpha value is -1.63. The average molecular weight is 333 g/mol. The van der Waals surface area contributed by atoms with E-state index in [1.54, 1.807) is 12.1 Å². The smallest absolute Gasteiger partial charge is 0.402 e. The minimum Gasteiger partial charge on any atom is -0.402 e. The molecular formula is C12H8BrF3N2O. The number of ether oxygens (including phenoxy) is 1. The van der Waals surface area contributed by atoms with Crippen molar-refractivity contribution in [2.75, 3.05) is 0 Å². The van der Waals surface area contributed by atoms with Gasteiger partial charge in [0, 0.05) is 10.9 Å². The molecular weight excluding hydrogens is 325 g/mol. The van der Waals surface area contributed by atoms with E-state index in [0.717, 1.165) is 28.9 Å². The molecule has 0 aliphatic rings. The SMILES string of the molecule is FC(F)(F)Oc1cnc(-c2ccc(CBr)cc2)nc1. The van der Waals surface area contributed by atoms with Gasteiger partial charge in [-0.25, -0.2) is 9.97 Å². The van der Waals surface area contributed by atoms with Crippen molar-refractivity contribution in [2.24, 2.45) is 0 Å². The predicted octanol–water partition coefficient (Wildman–Crippen LogP) is 3.94. The van der Waals surface area contributed by atoms with Crippen LogP contribution in [-0.2, 0) is 5.33 Å². The second-order valence-electron chi connectivity index (χ2n) is 3.62. The molecule has 0 aliphatic heterocycles. The molecule has 0 amide bonds. The molecule has 19 heavy (non-hydrogen) atoms. The molecule has 2 rings (SSSR count). The van der Waals surface area contributed by atoms with Crippen molar-refractivity contribution < 1.29 is 17.9 Å². The van der Waals surface area contributed by atoms with Crippen molar-refractivity contribution in [3.8, 4) is 17.1 Å². The molecule has 7 heteroatoms. The highest BCUT2D eigenvalue weighted by Crippen LogP contribution is 2.23. The molecule has 1 aromatic carbocycles. The molecule has 0 radical (unpaired) electrons. The van der Waals surface area contributed by atoms with E-state index in [9.17, 15) is 13.2 Å². The maximum absolute atomic E-state index is 12.0. The lowest BCUT2D eigenvalue weighted by Crippen LogP contribution is -2.17. The standard InChI is InChI=1S/C12H8BrF3N2O/c13-5-8-1-3-9(4-2-8)11-17-6-10(7-18-11)19-12(14,15)16/h1-4,6-7H,5H2. The van der Waals surface area contributed by atoms with E-state index in [-0.39, 0.29) is 0 Å². The van der Waals surface area contributed by atoms with Crippen LogP contribution in [0.4, 0.5) is 13.2 Å². The summed E-state index contributed by atoms with van der Waals surface area (Å²) in [6.45, 7) is 0. The second-order valence-corrected chi connectivity index (χ2v) is 4.18. The molecule has 0 N–H and O–H groups in total. The summed E-state index contributed by atoms with van der Waals surface area (Å²) in [5, 5.41) is 0.729. The fraction of sp³-hybridized carbons (Fsp3) is 0.167. The highest BCUT2D eigenvalue weighted by Gasteiger charge is 2.31.